The highest BCUT2D eigenvalue weighted by Gasteiger charge is 2.23. The van der Waals surface area contributed by atoms with Crippen molar-refractivity contribution >= 4 is 11.6 Å². The van der Waals surface area contributed by atoms with E-state index in [-0.39, 0.29) is 11.9 Å². The standard InChI is InChI=1S/C12H16N2O2/c1-9(13)8-12(15)14-6-7-16-11-5-3-2-4-10(11)14/h2-5,9H,6-8,13H2,1H3. The van der Waals surface area contributed by atoms with Crippen molar-refractivity contribution in [2.45, 2.75) is 19.4 Å². The van der Waals surface area contributed by atoms with Crippen LogP contribution >= 0.6 is 0 Å². The first-order chi connectivity index (χ1) is 7.68. The van der Waals surface area contributed by atoms with Gasteiger partial charge in [-0.2, -0.15) is 0 Å². The first kappa shape index (κ1) is 11.0. The lowest BCUT2D eigenvalue weighted by Gasteiger charge is -2.29. The lowest BCUT2D eigenvalue weighted by molar-refractivity contribution is -0.119. The molecule has 0 fully saturated rings. The number of para-hydroxylation sites is 2. The van der Waals surface area contributed by atoms with E-state index >= 15 is 0 Å². The van der Waals surface area contributed by atoms with Crippen molar-refractivity contribution in [2.24, 2.45) is 5.73 Å². The number of benzene rings is 1. The summed E-state index contributed by atoms with van der Waals surface area (Å²) < 4.78 is 5.48. The summed E-state index contributed by atoms with van der Waals surface area (Å²) in [7, 11) is 0. The highest BCUT2D eigenvalue weighted by Crippen LogP contribution is 2.31. The number of amides is 1. The Morgan fingerprint density at radius 3 is 3.06 bits per heavy atom. The molecule has 1 aromatic rings. The third kappa shape index (κ3) is 2.17. The summed E-state index contributed by atoms with van der Waals surface area (Å²) in [4.78, 5) is 13.7. The van der Waals surface area contributed by atoms with E-state index in [1.807, 2.05) is 31.2 Å². The van der Waals surface area contributed by atoms with Crippen LogP contribution in [0.1, 0.15) is 13.3 Å². The van der Waals surface area contributed by atoms with Gasteiger partial charge in [-0.1, -0.05) is 12.1 Å². The van der Waals surface area contributed by atoms with Crippen molar-refractivity contribution < 1.29 is 9.53 Å². The summed E-state index contributed by atoms with van der Waals surface area (Å²) in [6, 6.07) is 7.47. The van der Waals surface area contributed by atoms with Gasteiger partial charge in [0.25, 0.3) is 0 Å². The predicted octanol–water partition coefficient (Wildman–Crippen LogP) is 1.15. The molecule has 4 heteroatoms. The molecule has 4 nitrogen and oxygen atoms in total. The number of hydrogen-bond acceptors (Lipinski definition) is 3. The number of rotatable bonds is 2. The van der Waals surface area contributed by atoms with Gasteiger partial charge < -0.3 is 15.4 Å². The Morgan fingerprint density at radius 1 is 1.56 bits per heavy atom. The molecule has 1 heterocycles. The van der Waals surface area contributed by atoms with Gasteiger partial charge in [0.1, 0.15) is 12.4 Å². The number of nitrogens with zero attached hydrogens (tertiary/aromatic N) is 1. The Bertz CT molecular complexity index is 390. The van der Waals surface area contributed by atoms with Crippen LogP contribution in [-0.4, -0.2) is 25.1 Å². The van der Waals surface area contributed by atoms with Crippen LogP contribution in [0.25, 0.3) is 0 Å². The summed E-state index contributed by atoms with van der Waals surface area (Å²) in [6.07, 6.45) is 0.369. The molecule has 2 N–H and O–H groups in total. The minimum absolute atomic E-state index is 0.0609. The molecule has 0 aliphatic carbocycles. The van der Waals surface area contributed by atoms with Crippen molar-refractivity contribution in [2.75, 3.05) is 18.1 Å². The van der Waals surface area contributed by atoms with E-state index in [0.717, 1.165) is 11.4 Å². The van der Waals surface area contributed by atoms with Gasteiger partial charge in [0.05, 0.1) is 12.2 Å². The normalized spacial score (nSPS) is 16.2. The number of nitrogens with two attached hydrogens (primary N) is 1. The first-order valence-corrected chi connectivity index (χ1v) is 5.46. The van der Waals surface area contributed by atoms with E-state index in [1.165, 1.54) is 0 Å². The molecule has 0 aromatic heterocycles. The molecule has 0 bridgehead atoms. The highest BCUT2D eigenvalue weighted by atomic mass is 16.5. The SMILES string of the molecule is CC(N)CC(=O)N1CCOc2ccccc21. The fourth-order valence-electron chi connectivity index (χ4n) is 1.81. The van der Waals surface area contributed by atoms with Crippen molar-refractivity contribution in [3.63, 3.8) is 0 Å². The maximum atomic E-state index is 12.0. The Hall–Kier alpha value is -1.55. The largest absolute Gasteiger partial charge is 0.490 e. The summed E-state index contributed by atoms with van der Waals surface area (Å²) in [5, 5.41) is 0. The van der Waals surface area contributed by atoms with Gasteiger partial charge in [0.2, 0.25) is 5.91 Å². The van der Waals surface area contributed by atoms with E-state index in [1.54, 1.807) is 4.90 Å². The maximum Gasteiger partial charge on any atom is 0.228 e. The number of anilines is 1. The third-order valence-corrected chi connectivity index (χ3v) is 2.53. The minimum Gasteiger partial charge on any atom is -0.490 e. The molecule has 1 aromatic carbocycles. The van der Waals surface area contributed by atoms with Gasteiger partial charge in [0.15, 0.2) is 0 Å². The van der Waals surface area contributed by atoms with Gasteiger partial charge in [-0.15, -0.1) is 0 Å². The fourth-order valence-corrected chi connectivity index (χ4v) is 1.81. The third-order valence-electron chi connectivity index (χ3n) is 2.53. The van der Waals surface area contributed by atoms with Crippen molar-refractivity contribution in [1.82, 2.24) is 0 Å². The molecule has 1 unspecified atom stereocenters. The van der Waals surface area contributed by atoms with Crippen molar-refractivity contribution in [1.29, 1.82) is 0 Å². The second kappa shape index (κ2) is 4.53. The number of fused-ring (bicyclic) bond motifs is 1. The molecule has 2 rings (SSSR count). The highest BCUT2D eigenvalue weighted by molar-refractivity contribution is 5.95. The molecular formula is C12H16N2O2. The molecule has 1 aliphatic heterocycles. The Balaban J connectivity index is 2.21. The van der Waals surface area contributed by atoms with Crippen LogP contribution in [0.5, 0.6) is 5.75 Å². The lowest BCUT2D eigenvalue weighted by atomic mass is 10.2. The summed E-state index contributed by atoms with van der Waals surface area (Å²) >= 11 is 0. The van der Waals surface area contributed by atoms with Gasteiger partial charge in [-0.05, 0) is 19.1 Å². The van der Waals surface area contributed by atoms with Crippen LogP contribution in [0.3, 0.4) is 0 Å². The van der Waals surface area contributed by atoms with Crippen molar-refractivity contribution in [3.8, 4) is 5.75 Å². The monoisotopic (exact) mass is 220 g/mol. The maximum absolute atomic E-state index is 12.0. The minimum atomic E-state index is -0.109. The second-order valence-electron chi connectivity index (χ2n) is 4.04. The van der Waals surface area contributed by atoms with Crippen LogP contribution in [0.15, 0.2) is 24.3 Å². The number of ether oxygens (including phenoxy) is 1. The molecule has 86 valence electrons. The number of carbonyl (C=O) groups excluding carboxylic acids is 1. The molecule has 0 radical (unpaired) electrons. The quantitative estimate of drug-likeness (QED) is 0.813. The molecular weight excluding hydrogens is 204 g/mol. The van der Waals surface area contributed by atoms with Crippen LogP contribution < -0.4 is 15.4 Å². The lowest BCUT2D eigenvalue weighted by Crippen LogP contribution is -2.40. The van der Waals surface area contributed by atoms with Gasteiger partial charge >= 0.3 is 0 Å². The molecule has 1 aliphatic rings. The number of carbonyl (C=O) groups is 1. The van der Waals surface area contributed by atoms with Crippen molar-refractivity contribution in [3.05, 3.63) is 24.3 Å². The zero-order chi connectivity index (χ0) is 11.5. The molecule has 16 heavy (non-hydrogen) atoms. The van der Waals surface area contributed by atoms with E-state index in [2.05, 4.69) is 0 Å². The van der Waals surface area contributed by atoms with E-state index < -0.39 is 0 Å². The molecule has 0 saturated heterocycles. The summed E-state index contributed by atoms with van der Waals surface area (Å²) in [5.74, 6) is 0.831. The Labute approximate surface area is 95.0 Å². The molecule has 1 amide bonds. The van der Waals surface area contributed by atoms with Crippen LogP contribution in [-0.2, 0) is 4.79 Å². The topological polar surface area (TPSA) is 55.6 Å². The average molecular weight is 220 g/mol. The zero-order valence-electron chi connectivity index (χ0n) is 9.35. The Kier molecular flexibility index (Phi) is 3.10. The van der Waals surface area contributed by atoms with E-state index in [4.69, 9.17) is 10.5 Å². The molecule has 0 spiro atoms. The zero-order valence-corrected chi connectivity index (χ0v) is 9.35. The van der Waals surface area contributed by atoms with E-state index in [9.17, 15) is 4.79 Å². The first-order valence-electron chi connectivity index (χ1n) is 5.46. The van der Waals surface area contributed by atoms with Crippen LogP contribution in [0.4, 0.5) is 5.69 Å². The van der Waals surface area contributed by atoms with E-state index in [0.29, 0.717) is 19.6 Å². The molecule has 0 saturated carbocycles. The van der Waals surface area contributed by atoms with Crippen LogP contribution in [0.2, 0.25) is 0 Å². The number of hydrogen-bond donors (Lipinski definition) is 1. The predicted molar refractivity (Wildman–Crippen MR) is 62.6 cm³/mol. The smallest absolute Gasteiger partial charge is 0.228 e. The van der Waals surface area contributed by atoms with Crippen LogP contribution in [0, 0.1) is 0 Å². The second-order valence-corrected chi connectivity index (χ2v) is 4.04. The summed E-state index contributed by atoms with van der Waals surface area (Å²) in [6.45, 7) is 2.98. The summed E-state index contributed by atoms with van der Waals surface area (Å²) in [5.41, 5.74) is 6.49. The average Bonchev–Trinajstić information content (AvgIpc) is 2.27. The fraction of sp³-hybridized carbons (Fsp3) is 0.417. The van der Waals surface area contributed by atoms with Gasteiger partial charge in [0, 0.05) is 12.5 Å². The van der Waals surface area contributed by atoms with Gasteiger partial charge in [-0.25, -0.2) is 0 Å². The van der Waals surface area contributed by atoms with Gasteiger partial charge in [-0.3, -0.25) is 4.79 Å². The molecule has 1 atom stereocenters. The Morgan fingerprint density at radius 2 is 2.31 bits per heavy atom.